The van der Waals surface area contributed by atoms with Crippen LogP contribution in [0.1, 0.15) is 58.3 Å². The Labute approximate surface area is 104 Å². The molecule has 2 saturated carbocycles. The van der Waals surface area contributed by atoms with Crippen LogP contribution in [0.5, 0.6) is 0 Å². The zero-order valence-corrected chi connectivity index (χ0v) is 10.7. The maximum atomic E-state index is 12.2. The molecule has 1 N–H and O–H groups in total. The van der Waals surface area contributed by atoms with Crippen LogP contribution in [0, 0.1) is 22.7 Å². The quantitative estimate of drug-likeness (QED) is 0.747. The molecule has 3 nitrogen and oxygen atoms in total. The summed E-state index contributed by atoms with van der Waals surface area (Å²) in [6, 6.07) is 2.55. The van der Waals surface area contributed by atoms with Crippen molar-refractivity contribution in [2.24, 2.45) is 11.3 Å². The molecule has 2 fully saturated rings. The highest BCUT2D eigenvalue weighted by Gasteiger charge is 2.49. The molecule has 3 heteroatoms. The molecule has 2 aliphatic rings. The van der Waals surface area contributed by atoms with E-state index >= 15 is 0 Å². The number of hydrogen-bond acceptors (Lipinski definition) is 2. The van der Waals surface area contributed by atoms with Gasteiger partial charge in [-0.05, 0) is 31.6 Å². The lowest BCUT2D eigenvalue weighted by Crippen LogP contribution is -2.50. The van der Waals surface area contributed by atoms with Crippen LogP contribution >= 0.6 is 0 Å². The van der Waals surface area contributed by atoms with E-state index in [1.165, 1.54) is 25.7 Å². The van der Waals surface area contributed by atoms with Gasteiger partial charge in [0.2, 0.25) is 5.91 Å². The minimum Gasteiger partial charge on any atom is -0.352 e. The first kappa shape index (κ1) is 12.4. The van der Waals surface area contributed by atoms with Gasteiger partial charge in [-0.1, -0.05) is 32.6 Å². The number of carbonyl (C=O) groups excluding carboxylic acids is 1. The summed E-state index contributed by atoms with van der Waals surface area (Å²) in [5.41, 5.74) is -0.703. The van der Waals surface area contributed by atoms with Crippen LogP contribution in [-0.2, 0) is 4.79 Å². The van der Waals surface area contributed by atoms with E-state index in [-0.39, 0.29) is 5.91 Å². The molecular weight excluding hydrogens is 212 g/mol. The van der Waals surface area contributed by atoms with Gasteiger partial charge in [-0.15, -0.1) is 0 Å². The fourth-order valence-corrected chi connectivity index (χ4v) is 3.20. The normalized spacial score (nSPS) is 34.2. The molecule has 0 atom stereocenters. The highest BCUT2D eigenvalue weighted by atomic mass is 16.2. The fourth-order valence-electron chi connectivity index (χ4n) is 3.20. The number of hydrogen-bond donors (Lipinski definition) is 1. The first-order valence-electron chi connectivity index (χ1n) is 6.88. The molecule has 0 heterocycles. The summed E-state index contributed by atoms with van der Waals surface area (Å²) in [4.78, 5) is 12.2. The predicted molar refractivity (Wildman–Crippen MR) is 66.1 cm³/mol. The van der Waals surface area contributed by atoms with Crippen LogP contribution < -0.4 is 5.32 Å². The van der Waals surface area contributed by atoms with Crippen molar-refractivity contribution in [1.29, 1.82) is 5.26 Å². The molecule has 1 amide bonds. The molecule has 17 heavy (non-hydrogen) atoms. The molecule has 0 aliphatic heterocycles. The summed E-state index contributed by atoms with van der Waals surface area (Å²) in [7, 11) is 0. The van der Waals surface area contributed by atoms with E-state index in [1.807, 2.05) is 0 Å². The van der Waals surface area contributed by atoms with Crippen molar-refractivity contribution < 1.29 is 4.79 Å². The van der Waals surface area contributed by atoms with E-state index in [0.717, 1.165) is 25.7 Å². The fraction of sp³-hybridized carbons (Fsp3) is 0.857. The van der Waals surface area contributed by atoms with Gasteiger partial charge in [0.05, 0.1) is 6.07 Å². The summed E-state index contributed by atoms with van der Waals surface area (Å²) < 4.78 is 0. The van der Waals surface area contributed by atoms with Gasteiger partial charge in [0, 0.05) is 6.04 Å². The van der Waals surface area contributed by atoms with Gasteiger partial charge in [-0.25, -0.2) is 0 Å². The third-order valence-electron chi connectivity index (χ3n) is 4.23. The van der Waals surface area contributed by atoms with Crippen LogP contribution in [-0.4, -0.2) is 11.9 Å². The van der Waals surface area contributed by atoms with Gasteiger partial charge in [-0.3, -0.25) is 4.79 Å². The average molecular weight is 234 g/mol. The van der Waals surface area contributed by atoms with Gasteiger partial charge in [0.25, 0.3) is 0 Å². The minimum absolute atomic E-state index is 0.00926. The first-order chi connectivity index (χ1) is 8.16. The molecule has 0 aromatic carbocycles. The Kier molecular flexibility index (Phi) is 3.71. The van der Waals surface area contributed by atoms with E-state index in [1.54, 1.807) is 0 Å². The molecule has 0 saturated heterocycles. The predicted octanol–water partition coefficient (Wildman–Crippen LogP) is 2.77. The Balaban J connectivity index is 1.90. The van der Waals surface area contributed by atoms with Crippen molar-refractivity contribution in [3.63, 3.8) is 0 Å². The Morgan fingerprint density at radius 1 is 1.24 bits per heavy atom. The van der Waals surface area contributed by atoms with Crippen LogP contribution in [0.4, 0.5) is 0 Å². The molecule has 0 aromatic heterocycles. The highest BCUT2D eigenvalue weighted by Crippen LogP contribution is 2.45. The lowest BCUT2D eigenvalue weighted by atomic mass is 9.63. The van der Waals surface area contributed by atoms with Crippen molar-refractivity contribution in [3.8, 4) is 6.07 Å². The average Bonchev–Trinajstić information content (AvgIpc) is 2.53. The van der Waals surface area contributed by atoms with E-state index < -0.39 is 5.41 Å². The van der Waals surface area contributed by atoms with Crippen molar-refractivity contribution in [2.45, 2.75) is 64.3 Å². The largest absolute Gasteiger partial charge is 0.352 e. The Morgan fingerprint density at radius 2 is 1.82 bits per heavy atom. The van der Waals surface area contributed by atoms with Crippen LogP contribution in [0.25, 0.3) is 0 Å². The maximum Gasteiger partial charge on any atom is 0.240 e. The van der Waals surface area contributed by atoms with E-state index in [0.29, 0.717) is 12.0 Å². The second-order valence-electron chi connectivity index (χ2n) is 5.87. The number of rotatable bonds is 2. The summed E-state index contributed by atoms with van der Waals surface area (Å²) in [6.45, 7) is 2.11. The van der Waals surface area contributed by atoms with Gasteiger partial charge in [0.15, 0.2) is 0 Å². The molecule has 0 aromatic rings. The standard InChI is InChI=1S/C14H22N2O/c1-11-8-14(9-11,10-15)13(17)16-12-6-4-2-3-5-7-12/h11-12H,2-9H2,1H3,(H,16,17). The zero-order valence-electron chi connectivity index (χ0n) is 10.7. The second-order valence-corrected chi connectivity index (χ2v) is 5.87. The third kappa shape index (κ3) is 2.62. The highest BCUT2D eigenvalue weighted by molar-refractivity contribution is 5.86. The van der Waals surface area contributed by atoms with Gasteiger partial charge >= 0.3 is 0 Å². The first-order valence-corrected chi connectivity index (χ1v) is 6.88. The van der Waals surface area contributed by atoms with Crippen LogP contribution in [0.15, 0.2) is 0 Å². The lowest BCUT2D eigenvalue weighted by molar-refractivity contribution is -0.134. The molecule has 0 radical (unpaired) electrons. The van der Waals surface area contributed by atoms with Crippen LogP contribution in [0.3, 0.4) is 0 Å². The summed E-state index contributed by atoms with van der Waals surface area (Å²) in [6.07, 6.45) is 8.64. The van der Waals surface area contributed by atoms with E-state index in [9.17, 15) is 10.1 Å². The number of carbonyl (C=O) groups is 1. The number of amides is 1. The Hall–Kier alpha value is -1.04. The van der Waals surface area contributed by atoms with Crippen molar-refractivity contribution in [2.75, 3.05) is 0 Å². The summed E-state index contributed by atoms with van der Waals surface area (Å²) >= 11 is 0. The molecule has 94 valence electrons. The van der Waals surface area contributed by atoms with Crippen molar-refractivity contribution in [1.82, 2.24) is 5.32 Å². The van der Waals surface area contributed by atoms with Crippen LogP contribution in [0.2, 0.25) is 0 Å². The molecule has 2 rings (SSSR count). The monoisotopic (exact) mass is 234 g/mol. The zero-order chi connectivity index (χ0) is 12.3. The van der Waals surface area contributed by atoms with Crippen molar-refractivity contribution >= 4 is 5.91 Å². The maximum absolute atomic E-state index is 12.2. The molecule has 0 spiro atoms. The molecule has 0 unspecified atom stereocenters. The molecular formula is C14H22N2O. The minimum atomic E-state index is -0.703. The number of nitrogens with zero attached hydrogens (tertiary/aromatic N) is 1. The summed E-state index contributed by atoms with van der Waals surface area (Å²) in [5.74, 6) is 0.513. The van der Waals surface area contributed by atoms with E-state index in [4.69, 9.17) is 0 Å². The second kappa shape index (κ2) is 5.08. The van der Waals surface area contributed by atoms with Crippen molar-refractivity contribution in [3.05, 3.63) is 0 Å². The third-order valence-corrected chi connectivity index (χ3v) is 4.23. The van der Waals surface area contributed by atoms with Gasteiger partial charge < -0.3 is 5.32 Å². The van der Waals surface area contributed by atoms with Gasteiger partial charge in [0.1, 0.15) is 5.41 Å². The van der Waals surface area contributed by atoms with E-state index in [2.05, 4.69) is 18.3 Å². The summed E-state index contributed by atoms with van der Waals surface area (Å²) in [5, 5.41) is 12.3. The molecule has 0 bridgehead atoms. The number of nitrogens with one attached hydrogen (secondary N) is 1. The SMILES string of the molecule is CC1CC(C#N)(C(=O)NC2CCCCCC2)C1. The molecule has 2 aliphatic carbocycles. The lowest BCUT2D eigenvalue weighted by Gasteiger charge is -2.40. The topological polar surface area (TPSA) is 52.9 Å². The Bertz CT molecular complexity index is 318. The Morgan fingerprint density at radius 3 is 2.29 bits per heavy atom. The number of nitriles is 1. The smallest absolute Gasteiger partial charge is 0.240 e. The van der Waals surface area contributed by atoms with Gasteiger partial charge in [-0.2, -0.15) is 5.26 Å².